The van der Waals surface area contributed by atoms with E-state index in [0.29, 0.717) is 17.1 Å². The summed E-state index contributed by atoms with van der Waals surface area (Å²) in [6.07, 6.45) is -4.78. The fraction of sp³-hybridized carbons (Fsp3) is 0.0112. The van der Waals surface area contributed by atoms with Crippen molar-refractivity contribution in [2.75, 3.05) is 9.80 Å². The summed E-state index contributed by atoms with van der Waals surface area (Å²) < 4.78 is 50.1. The van der Waals surface area contributed by atoms with E-state index in [0.717, 1.165) is 134 Å². The molecule has 0 spiro atoms. The lowest BCUT2D eigenvalue weighted by Crippen LogP contribution is -2.61. The molecule has 2 aliphatic rings. The number of benzene rings is 14. The van der Waals surface area contributed by atoms with E-state index in [1.54, 1.807) is 6.07 Å². The zero-order valence-corrected chi connectivity index (χ0v) is 52.9. The largest absolute Gasteiger partial charge is 0.417 e. The summed E-state index contributed by atoms with van der Waals surface area (Å²) in [6.45, 7) is -0.172. The third kappa shape index (κ3) is 10.1. The minimum atomic E-state index is -4.78. The standard InChI is InChI=1S/C89H57BF3N5/c91-89(92,93)74-39-25-45-83(86(74)88-94-77(62-34-15-5-16-35-62)57-78(95-88)63-36-17-6-18-37-63)98-79-42-22-19-38-72(79)73-54-64(46-47-80(73)98)69-55-84-87-85(56-69)97(71-52-67(60-30-11-3-12-31-60)49-68(53-71)61-32-13-4-14-33-61)82-44-24-21-41-76(82)90(87)75-40-20-23-43-81(75)96(84)70-50-65(58-26-7-1-8-27-58)48-66(51-70)59-28-9-2-10-29-59/h1-57H. The molecule has 0 saturated heterocycles. The van der Waals surface area contributed by atoms with E-state index in [4.69, 9.17) is 9.97 Å². The summed E-state index contributed by atoms with van der Waals surface area (Å²) >= 11 is 0. The second-order valence-corrected chi connectivity index (χ2v) is 25.1. The van der Waals surface area contributed by atoms with Crippen LogP contribution in [-0.2, 0) is 6.18 Å². The van der Waals surface area contributed by atoms with Crippen molar-refractivity contribution in [3.63, 3.8) is 0 Å². The van der Waals surface area contributed by atoms with Gasteiger partial charge in [0.15, 0.2) is 5.82 Å². The second kappa shape index (κ2) is 23.7. The van der Waals surface area contributed by atoms with Crippen molar-refractivity contribution in [2.45, 2.75) is 6.18 Å². The molecule has 16 aromatic rings. The molecule has 0 radical (unpaired) electrons. The van der Waals surface area contributed by atoms with E-state index in [1.165, 1.54) is 17.0 Å². The van der Waals surface area contributed by atoms with Gasteiger partial charge in [-0.3, -0.25) is 0 Å². The van der Waals surface area contributed by atoms with Crippen molar-refractivity contribution in [1.82, 2.24) is 14.5 Å². The van der Waals surface area contributed by atoms with Crippen LogP contribution in [0.25, 0.3) is 117 Å². The van der Waals surface area contributed by atoms with Gasteiger partial charge in [0.25, 0.3) is 6.71 Å². The molecule has 0 fully saturated rings. The first-order chi connectivity index (χ1) is 48.2. The highest BCUT2D eigenvalue weighted by Crippen LogP contribution is 2.50. The van der Waals surface area contributed by atoms with E-state index >= 15 is 13.2 Å². The highest BCUT2D eigenvalue weighted by molar-refractivity contribution is 7.00. The van der Waals surface area contributed by atoms with Gasteiger partial charge in [0.1, 0.15) is 0 Å². The van der Waals surface area contributed by atoms with Gasteiger partial charge >= 0.3 is 6.18 Å². The highest BCUT2D eigenvalue weighted by atomic mass is 19.4. The van der Waals surface area contributed by atoms with Crippen LogP contribution in [0.15, 0.2) is 346 Å². The number of nitrogens with zero attached hydrogens (tertiary/aromatic N) is 5. The molecule has 0 bridgehead atoms. The van der Waals surface area contributed by atoms with E-state index in [2.05, 4.69) is 252 Å². The van der Waals surface area contributed by atoms with Crippen LogP contribution in [0.3, 0.4) is 0 Å². The number of fused-ring (bicyclic) bond motifs is 7. The zero-order valence-electron chi connectivity index (χ0n) is 52.9. The third-order valence-corrected chi connectivity index (χ3v) is 19.3. The Balaban J connectivity index is 0.906. The molecule has 462 valence electrons. The molecule has 0 amide bonds. The van der Waals surface area contributed by atoms with Crippen molar-refractivity contribution < 1.29 is 13.2 Å². The van der Waals surface area contributed by atoms with Gasteiger partial charge in [0.05, 0.1) is 39.2 Å². The number of aromatic nitrogens is 3. The Bertz CT molecular complexity index is 5370. The van der Waals surface area contributed by atoms with Crippen molar-refractivity contribution in [2.24, 2.45) is 0 Å². The van der Waals surface area contributed by atoms with E-state index in [-0.39, 0.29) is 18.1 Å². The quantitative estimate of drug-likeness (QED) is 0.121. The first-order valence-corrected chi connectivity index (χ1v) is 33.0. The first kappa shape index (κ1) is 58.0. The van der Waals surface area contributed by atoms with Gasteiger partial charge in [0.2, 0.25) is 0 Å². The predicted octanol–water partition coefficient (Wildman–Crippen LogP) is 22.0. The van der Waals surface area contributed by atoms with Gasteiger partial charge in [-0.25, -0.2) is 9.97 Å². The Morgan fingerprint density at radius 1 is 0.276 bits per heavy atom. The lowest BCUT2D eigenvalue weighted by atomic mass is 9.33. The maximum atomic E-state index is 16.0. The van der Waals surface area contributed by atoms with Crippen LogP contribution in [0.4, 0.5) is 47.3 Å². The summed E-state index contributed by atoms with van der Waals surface area (Å²) in [5.41, 5.74) is 23.7. The number of hydrogen-bond donors (Lipinski definition) is 0. The lowest BCUT2D eigenvalue weighted by molar-refractivity contribution is -0.137. The Morgan fingerprint density at radius 3 is 1.12 bits per heavy atom. The summed E-state index contributed by atoms with van der Waals surface area (Å²) in [7, 11) is 0. The van der Waals surface area contributed by atoms with Gasteiger partial charge in [-0.15, -0.1) is 0 Å². The molecule has 2 aliphatic heterocycles. The topological polar surface area (TPSA) is 37.2 Å². The molecule has 18 rings (SSSR count). The Labute approximate surface area is 566 Å². The van der Waals surface area contributed by atoms with Gasteiger partial charge in [0, 0.05) is 56.0 Å². The van der Waals surface area contributed by atoms with Crippen LogP contribution < -0.4 is 26.2 Å². The number of alkyl halides is 3. The van der Waals surface area contributed by atoms with Gasteiger partial charge in [-0.1, -0.05) is 249 Å². The zero-order chi connectivity index (χ0) is 65.4. The number of rotatable bonds is 11. The maximum absolute atomic E-state index is 16.0. The van der Waals surface area contributed by atoms with Crippen molar-refractivity contribution in [3.05, 3.63) is 351 Å². The highest BCUT2D eigenvalue weighted by Gasteiger charge is 2.44. The molecule has 0 atom stereocenters. The molecule has 98 heavy (non-hydrogen) atoms. The lowest BCUT2D eigenvalue weighted by Gasteiger charge is -2.44. The summed E-state index contributed by atoms with van der Waals surface area (Å²) in [5, 5.41) is 1.74. The number of halogens is 3. The van der Waals surface area contributed by atoms with Crippen molar-refractivity contribution in [3.8, 4) is 95.2 Å². The van der Waals surface area contributed by atoms with Crippen LogP contribution in [0, 0.1) is 0 Å². The van der Waals surface area contributed by atoms with Crippen LogP contribution in [0.1, 0.15) is 5.56 Å². The average Bonchev–Trinajstić information content (AvgIpc) is 0.721. The second-order valence-electron chi connectivity index (χ2n) is 25.1. The minimum Gasteiger partial charge on any atom is -0.311 e. The summed E-state index contributed by atoms with van der Waals surface area (Å²) in [4.78, 5) is 15.1. The van der Waals surface area contributed by atoms with Gasteiger partial charge in [-0.2, -0.15) is 13.2 Å². The van der Waals surface area contributed by atoms with E-state index in [9.17, 15) is 0 Å². The summed E-state index contributed by atoms with van der Waals surface area (Å²) in [5.74, 6) is -0.0374. The normalized spacial score (nSPS) is 12.4. The van der Waals surface area contributed by atoms with E-state index < -0.39 is 11.7 Å². The monoisotopic (exact) mass is 1260 g/mol. The molecule has 0 saturated carbocycles. The Hall–Kier alpha value is -12.6. The smallest absolute Gasteiger partial charge is 0.311 e. The van der Waals surface area contributed by atoms with Gasteiger partial charge in [-0.05, 0) is 169 Å². The maximum Gasteiger partial charge on any atom is 0.417 e. The molecule has 0 aliphatic carbocycles. The molecular weight excluding hydrogens is 1210 g/mol. The van der Waals surface area contributed by atoms with Crippen molar-refractivity contribution in [1.29, 1.82) is 0 Å². The van der Waals surface area contributed by atoms with Crippen LogP contribution >= 0.6 is 0 Å². The van der Waals surface area contributed by atoms with Gasteiger partial charge < -0.3 is 14.4 Å². The molecule has 9 heteroatoms. The van der Waals surface area contributed by atoms with Crippen LogP contribution in [0.5, 0.6) is 0 Å². The first-order valence-electron chi connectivity index (χ1n) is 33.0. The van der Waals surface area contributed by atoms with Crippen LogP contribution in [0.2, 0.25) is 0 Å². The number of para-hydroxylation sites is 3. The number of anilines is 6. The van der Waals surface area contributed by atoms with Crippen LogP contribution in [-0.4, -0.2) is 21.2 Å². The molecule has 4 heterocycles. The molecule has 2 aromatic heterocycles. The molecule has 0 N–H and O–H groups in total. The molecule has 14 aromatic carbocycles. The Morgan fingerprint density at radius 2 is 0.663 bits per heavy atom. The molecule has 0 unspecified atom stereocenters. The van der Waals surface area contributed by atoms with Crippen molar-refractivity contribution >= 4 is 79.0 Å². The molecule has 5 nitrogen and oxygen atoms in total. The third-order valence-electron chi connectivity index (χ3n) is 19.3. The summed E-state index contributed by atoms with van der Waals surface area (Å²) in [6, 6.07) is 119. The fourth-order valence-corrected chi connectivity index (χ4v) is 15.0. The number of hydrogen-bond acceptors (Lipinski definition) is 4. The fourth-order valence-electron chi connectivity index (χ4n) is 15.0. The SMILES string of the molecule is FC(F)(F)c1cccc(-n2c3ccccc3c3cc(-c4cc5c6c(c4)N(c4cc(-c7ccccc7)cc(-c7ccccc7)c4)c4ccccc4B6c4ccccc4N5c4cc(-c5ccccc5)cc(-c5ccccc5)c4)ccc32)c1-c1nc(-c2ccccc2)cc(-c2ccccc2)n1. The average molecular weight is 1260 g/mol. The minimum absolute atomic E-state index is 0.0374. The predicted molar refractivity (Wildman–Crippen MR) is 399 cm³/mol. The molecular formula is C89H57BF3N5. The Kier molecular flexibility index (Phi) is 14.0. The van der Waals surface area contributed by atoms with E-state index in [1.807, 2.05) is 89.5 Å².